The average Bonchev–Trinajstić information content (AvgIpc) is 2.99. The Bertz CT molecular complexity index is 776. The number of nitrogens with one attached hydrogen (secondary N) is 1. The minimum Gasteiger partial charge on any atom is -0.345 e. The second kappa shape index (κ2) is 5.01. The van der Waals surface area contributed by atoms with Gasteiger partial charge in [0.1, 0.15) is 5.01 Å². The van der Waals surface area contributed by atoms with Crippen LogP contribution in [0.15, 0.2) is 24.3 Å². The highest BCUT2D eigenvalue weighted by atomic mass is 32.1. The van der Waals surface area contributed by atoms with E-state index in [0.29, 0.717) is 12.1 Å². The summed E-state index contributed by atoms with van der Waals surface area (Å²) >= 11 is 1.42. The summed E-state index contributed by atoms with van der Waals surface area (Å²) in [4.78, 5) is 12.8. The molecule has 6 nitrogen and oxygen atoms in total. The number of fused-ring (bicyclic) bond motifs is 1. The molecule has 7 heteroatoms. The average molecular weight is 287 g/mol. The standard InChI is InChI=1S/C13H13N5OS/c1-8-5-3-4-6-10(8)12(19)14-7-11-17-18-9(2)15-16-13(18)20-11/h3-6H,7H2,1-2H3,(H,14,19). The van der Waals surface area contributed by atoms with Crippen molar-refractivity contribution in [1.29, 1.82) is 0 Å². The van der Waals surface area contributed by atoms with Crippen LogP contribution in [0.5, 0.6) is 0 Å². The van der Waals surface area contributed by atoms with E-state index in [1.807, 2.05) is 38.1 Å². The smallest absolute Gasteiger partial charge is 0.251 e. The van der Waals surface area contributed by atoms with Crippen molar-refractivity contribution in [3.63, 3.8) is 0 Å². The summed E-state index contributed by atoms with van der Waals surface area (Å²) < 4.78 is 1.68. The highest BCUT2D eigenvalue weighted by Crippen LogP contribution is 2.13. The zero-order valence-electron chi connectivity index (χ0n) is 11.1. The van der Waals surface area contributed by atoms with Crippen molar-refractivity contribution in [2.24, 2.45) is 0 Å². The van der Waals surface area contributed by atoms with Crippen LogP contribution in [0.1, 0.15) is 26.8 Å². The Balaban J connectivity index is 1.73. The number of amides is 1. The first-order valence-electron chi connectivity index (χ1n) is 6.16. The van der Waals surface area contributed by atoms with Gasteiger partial charge in [-0.2, -0.15) is 9.61 Å². The van der Waals surface area contributed by atoms with Crippen molar-refractivity contribution in [3.05, 3.63) is 46.2 Å². The molecule has 102 valence electrons. The lowest BCUT2D eigenvalue weighted by Gasteiger charge is -2.05. The largest absolute Gasteiger partial charge is 0.345 e. The minimum atomic E-state index is -0.0919. The molecule has 2 heterocycles. The van der Waals surface area contributed by atoms with Crippen molar-refractivity contribution in [3.8, 4) is 0 Å². The summed E-state index contributed by atoms with van der Waals surface area (Å²) in [5.74, 6) is 0.651. The maximum atomic E-state index is 12.1. The predicted octanol–water partition coefficient (Wildman–Crippen LogP) is 1.73. The molecule has 2 aromatic heterocycles. The van der Waals surface area contributed by atoms with Crippen molar-refractivity contribution >= 4 is 22.2 Å². The van der Waals surface area contributed by atoms with Crippen LogP contribution in [0, 0.1) is 13.8 Å². The first-order valence-corrected chi connectivity index (χ1v) is 6.98. The number of hydrogen-bond donors (Lipinski definition) is 1. The number of carbonyl (C=O) groups is 1. The molecule has 0 saturated heterocycles. The fourth-order valence-corrected chi connectivity index (χ4v) is 2.72. The molecule has 0 fully saturated rings. The van der Waals surface area contributed by atoms with E-state index in [0.717, 1.165) is 21.4 Å². The topological polar surface area (TPSA) is 72.2 Å². The quantitative estimate of drug-likeness (QED) is 0.796. The normalized spacial score (nSPS) is 10.9. The molecule has 0 aliphatic rings. The summed E-state index contributed by atoms with van der Waals surface area (Å²) in [6, 6.07) is 7.50. The van der Waals surface area contributed by atoms with Gasteiger partial charge in [0.05, 0.1) is 6.54 Å². The molecule has 0 bridgehead atoms. The third kappa shape index (κ3) is 2.27. The van der Waals surface area contributed by atoms with E-state index >= 15 is 0 Å². The molecule has 3 aromatic rings. The molecule has 3 rings (SSSR count). The molecule has 0 aliphatic carbocycles. The van der Waals surface area contributed by atoms with Crippen LogP contribution < -0.4 is 5.32 Å². The summed E-state index contributed by atoms with van der Waals surface area (Å²) in [5, 5.41) is 16.0. The highest BCUT2D eigenvalue weighted by molar-refractivity contribution is 7.16. The van der Waals surface area contributed by atoms with Crippen molar-refractivity contribution in [1.82, 2.24) is 25.1 Å². The lowest BCUT2D eigenvalue weighted by atomic mass is 10.1. The summed E-state index contributed by atoms with van der Waals surface area (Å²) in [5.41, 5.74) is 1.64. The van der Waals surface area contributed by atoms with Gasteiger partial charge < -0.3 is 5.32 Å². The number of nitrogens with zero attached hydrogens (tertiary/aromatic N) is 4. The van der Waals surface area contributed by atoms with Crippen molar-refractivity contribution in [2.75, 3.05) is 0 Å². The number of hydrogen-bond acceptors (Lipinski definition) is 5. The van der Waals surface area contributed by atoms with Gasteiger partial charge in [0, 0.05) is 5.56 Å². The van der Waals surface area contributed by atoms with Gasteiger partial charge in [-0.25, -0.2) is 0 Å². The monoisotopic (exact) mass is 287 g/mol. The third-order valence-corrected chi connectivity index (χ3v) is 3.88. The van der Waals surface area contributed by atoms with Crippen LogP contribution >= 0.6 is 11.3 Å². The predicted molar refractivity (Wildman–Crippen MR) is 75.7 cm³/mol. The molecule has 0 radical (unpaired) electrons. The number of benzene rings is 1. The second-order valence-electron chi connectivity index (χ2n) is 4.43. The molecule has 1 N–H and O–H groups in total. The number of aryl methyl sites for hydroxylation is 2. The van der Waals surface area contributed by atoms with E-state index in [1.165, 1.54) is 11.3 Å². The summed E-state index contributed by atoms with van der Waals surface area (Å²) in [6.45, 7) is 4.15. The molecule has 0 atom stereocenters. The Labute approximate surface area is 119 Å². The maximum Gasteiger partial charge on any atom is 0.251 e. The van der Waals surface area contributed by atoms with Gasteiger partial charge in [-0.3, -0.25) is 4.79 Å². The van der Waals surface area contributed by atoms with Crippen molar-refractivity contribution < 1.29 is 4.79 Å². The fourth-order valence-electron chi connectivity index (χ4n) is 1.90. The number of rotatable bonds is 3. The van der Waals surface area contributed by atoms with E-state index < -0.39 is 0 Å². The minimum absolute atomic E-state index is 0.0919. The molecular formula is C13H13N5OS. The maximum absolute atomic E-state index is 12.1. The molecule has 1 aromatic carbocycles. The Kier molecular flexibility index (Phi) is 3.19. The van der Waals surface area contributed by atoms with Gasteiger partial charge in [-0.15, -0.1) is 10.2 Å². The molecule has 1 amide bonds. The van der Waals surface area contributed by atoms with Crippen LogP contribution in [-0.4, -0.2) is 25.7 Å². The second-order valence-corrected chi connectivity index (χ2v) is 5.48. The van der Waals surface area contributed by atoms with Gasteiger partial charge in [-0.1, -0.05) is 29.5 Å². The number of carbonyl (C=O) groups excluding carboxylic acids is 1. The zero-order chi connectivity index (χ0) is 14.1. The Hall–Kier alpha value is -2.28. The van der Waals surface area contributed by atoms with E-state index in [2.05, 4.69) is 20.6 Å². The SMILES string of the molecule is Cc1ccccc1C(=O)NCc1nn2c(C)nnc2s1. The van der Waals surface area contributed by atoms with E-state index in [4.69, 9.17) is 0 Å². The zero-order valence-corrected chi connectivity index (χ0v) is 11.9. The van der Waals surface area contributed by atoms with Gasteiger partial charge in [0.2, 0.25) is 4.96 Å². The summed E-state index contributed by atoms with van der Waals surface area (Å²) in [6.07, 6.45) is 0. The van der Waals surface area contributed by atoms with Crippen molar-refractivity contribution in [2.45, 2.75) is 20.4 Å². The Morgan fingerprint density at radius 3 is 2.85 bits per heavy atom. The first kappa shape index (κ1) is 12.7. The lowest BCUT2D eigenvalue weighted by Crippen LogP contribution is -2.23. The lowest BCUT2D eigenvalue weighted by molar-refractivity contribution is 0.0950. The highest BCUT2D eigenvalue weighted by Gasteiger charge is 2.11. The number of aromatic nitrogens is 4. The molecule has 0 spiro atoms. The van der Waals surface area contributed by atoms with E-state index in [9.17, 15) is 4.79 Å². The molecular weight excluding hydrogens is 274 g/mol. The fraction of sp³-hybridized carbons (Fsp3) is 0.231. The van der Waals surface area contributed by atoms with E-state index in [1.54, 1.807) is 4.52 Å². The molecule has 0 unspecified atom stereocenters. The Morgan fingerprint density at radius 2 is 2.10 bits per heavy atom. The van der Waals surface area contributed by atoms with Crippen LogP contribution in [0.25, 0.3) is 4.96 Å². The van der Waals surface area contributed by atoms with Crippen LogP contribution in [-0.2, 0) is 6.54 Å². The van der Waals surface area contributed by atoms with E-state index in [-0.39, 0.29) is 5.91 Å². The van der Waals surface area contributed by atoms with Crippen LogP contribution in [0.4, 0.5) is 0 Å². The van der Waals surface area contributed by atoms with Gasteiger partial charge in [0.15, 0.2) is 5.82 Å². The van der Waals surface area contributed by atoms with Crippen LogP contribution in [0.3, 0.4) is 0 Å². The first-order chi connectivity index (χ1) is 9.65. The Morgan fingerprint density at radius 1 is 1.30 bits per heavy atom. The van der Waals surface area contributed by atoms with Gasteiger partial charge in [-0.05, 0) is 25.5 Å². The van der Waals surface area contributed by atoms with Crippen LogP contribution in [0.2, 0.25) is 0 Å². The third-order valence-electron chi connectivity index (χ3n) is 2.98. The van der Waals surface area contributed by atoms with Gasteiger partial charge >= 0.3 is 0 Å². The molecule has 0 saturated carbocycles. The van der Waals surface area contributed by atoms with Gasteiger partial charge in [0.25, 0.3) is 5.91 Å². The molecule has 0 aliphatic heterocycles. The summed E-state index contributed by atoms with van der Waals surface area (Å²) in [7, 11) is 0. The molecule has 20 heavy (non-hydrogen) atoms.